The van der Waals surface area contributed by atoms with Crippen LogP contribution >= 0.6 is 0 Å². The molecule has 0 aliphatic heterocycles. The average molecular weight is 577 g/mol. The zero-order valence-corrected chi connectivity index (χ0v) is 24.0. The number of hydrogen-bond acceptors (Lipinski definition) is 5. The lowest BCUT2D eigenvalue weighted by Gasteiger charge is -2.17. The summed E-state index contributed by atoms with van der Waals surface area (Å²) in [6.45, 7) is 2.76. The van der Waals surface area contributed by atoms with Crippen LogP contribution in [-0.4, -0.2) is 24.3 Å². The predicted octanol–water partition coefficient (Wildman–Crippen LogP) is 8.42. The van der Waals surface area contributed by atoms with Crippen LogP contribution in [0.2, 0.25) is 0 Å². The van der Waals surface area contributed by atoms with Crippen LogP contribution in [0.1, 0.15) is 40.4 Å². The third kappa shape index (κ3) is 7.60. The molecule has 0 aliphatic carbocycles. The van der Waals surface area contributed by atoms with Gasteiger partial charge in [0.15, 0.2) is 0 Å². The fourth-order valence-electron chi connectivity index (χ4n) is 4.79. The third-order valence-corrected chi connectivity index (χ3v) is 7.04. The molecule has 0 amide bonds. The van der Waals surface area contributed by atoms with E-state index in [-0.39, 0.29) is 11.6 Å². The number of carbonyl (C=O) groups excluding carboxylic acids is 1. The number of ether oxygens (including phenoxy) is 3. The number of phenolic OH excluding ortho intramolecular Hbond substituents is 1. The molecule has 43 heavy (non-hydrogen) atoms. The number of esters is 1. The highest BCUT2D eigenvalue weighted by Crippen LogP contribution is 2.36. The van der Waals surface area contributed by atoms with Gasteiger partial charge in [-0.2, -0.15) is 0 Å². The summed E-state index contributed by atoms with van der Waals surface area (Å²) in [4.78, 5) is 12.8. The van der Waals surface area contributed by atoms with Crippen LogP contribution in [0.4, 0.5) is 4.39 Å². The molecule has 5 nitrogen and oxygen atoms in total. The summed E-state index contributed by atoms with van der Waals surface area (Å²) in [5.41, 5.74) is 4.63. The van der Waals surface area contributed by atoms with Crippen LogP contribution in [0.15, 0.2) is 115 Å². The Bertz CT molecular complexity index is 1650. The van der Waals surface area contributed by atoms with Crippen LogP contribution in [0, 0.1) is 5.82 Å². The number of carbonyl (C=O) groups is 1. The molecule has 5 aromatic carbocycles. The first-order valence-electron chi connectivity index (χ1n) is 14.3. The van der Waals surface area contributed by atoms with E-state index in [1.54, 1.807) is 48.5 Å². The van der Waals surface area contributed by atoms with Crippen LogP contribution < -0.4 is 14.2 Å². The standard InChI is InChI=1S/C37H33FO5/c1-2-27-24-31(28-17-19-30(38)20-18-28)33(39)25-36(27)42-22-10-21-41-34-15-9-16-35(32(34)23-26-11-5-3-6-12-26)43-37(40)29-13-7-4-8-14-29/h3-9,11-20,24-25,39H,2,10,21-23H2,1H3. The quantitative estimate of drug-likeness (QED) is 0.0918. The van der Waals surface area contributed by atoms with Crippen molar-refractivity contribution in [3.8, 4) is 34.1 Å². The van der Waals surface area contributed by atoms with E-state index < -0.39 is 5.97 Å². The second-order valence-electron chi connectivity index (χ2n) is 10.0. The van der Waals surface area contributed by atoms with Gasteiger partial charge in [0.05, 0.1) is 18.8 Å². The molecule has 0 saturated carbocycles. The molecular weight excluding hydrogens is 543 g/mol. The Morgan fingerprint density at radius 2 is 1.40 bits per heavy atom. The number of phenols is 1. The van der Waals surface area contributed by atoms with Gasteiger partial charge in [-0.3, -0.25) is 0 Å². The fraction of sp³-hybridized carbons (Fsp3) is 0.162. The van der Waals surface area contributed by atoms with E-state index in [1.165, 1.54) is 12.1 Å². The number of aryl methyl sites for hydroxylation is 1. The van der Waals surface area contributed by atoms with E-state index in [2.05, 4.69) is 0 Å². The highest BCUT2D eigenvalue weighted by Gasteiger charge is 2.17. The van der Waals surface area contributed by atoms with Gasteiger partial charge in [-0.05, 0) is 65.6 Å². The molecule has 0 aliphatic rings. The van der Waals surface area contributed by atoms with Gasteiger partial charge in [-0.25, -0.2) is 9.18 Å². The molecule has 5 aromatic rings. The Morgan fingerprint density at radius 3 is 2.09 bits per heavy atom. The molecule has 0 bridgehead atoms. The zero-order valence-electron chi connectivity index (χ0n) is 24.0. The lowest BCUT2D eigenvalue weighted by Crippen LogP contribution is -2.11. The van der Waals surface area contributed by atoms with Gasteiger partial charge in [0.1, 0.15) is 28.8 Å². The molecule has 5 rings (SSSR count). The zero-order chi connectivity index (χ0) is 30.0. The number of aromatic hydroxyl groups is 1. The Labute approximate surface area is 251 Å². The van der Waals surface area contributed by atoms with Crippen molar-refractivity contribution in [2.75, 3.05) is 13.2 Å². The summed E-state index contributed by atoms with van der Waals surface area (Å²) >= 11 is 0. The Balaban J connectivity index is 1.25. The molecule has 0 saturated heterocycles. The van der Waals surface area contributed by atoms with Crippen LogP contribution in [-0.2, 0) is 12.8 Å². The summed E-state index contributed by atoms with van der Waals surface area (Å²) in [6.07, 6.45) is 1.82. The molecule has 0 radical (unpaired) electrons. The van der Waals surface area contributed by atoms with Crippen molar-refractivity contribution in [3.05, 3.63) is 143 Å². The summed E-state index contributed by atoms with van der Waals surface area (Å²) in [5.74, 6) is 1.01. The van der Waals surface area contributed by atoms with Crippen molar-refractivity contribution in [1.82, 2.24) is 0 Å². The first-order chi connectivity index (χ1) is 21.0. The Hall–Kier alpha value is -5.10. The van der Waals surface area contributed by atoms with Crippen LogP contribution in [0.5, 0.6) is 23.0 Å². The molecule has 0 aromatic heterocycles. The average Bonchev–Trinajstić information content (AvgIpc) is 3.03. The molecule has 0 spiro atoms. The number of benzene rings is 5. The first-order valence-corrected chi connectivity index (χ1v) is 14.3. The normalized spacial score (nSPS) is 10.7. The van der Waals surface area contributed by atoms with Gasteiger partial charge in [0.25, 0.3) is 0 Å². The molecule has 0 heterocycles. The summed E-state index contributed by atoms with van der Waals surface area (Å²) in [7, 11) is 0. The third-order valence-electron chi connectivity index (χ3n) is 7.04. The topological polar surface area (TPSA) is 65.0 Å². The lowest BCUT2D eigenvalue weighted by molar-refractivity contribution is 0.0732. The van der Waals surface area contributed by atoms with Gasteiger partial charge in [0, 0.05) is 30.0 Å². The maximum absolute atomic E-state index is 13.4. The number of halogens is 1. The van der Waals surface area contributed by atoms with Gasteiger partial charge in [-0.1, -0.05) is 73.7 Å². The molecule has 0 atom stereocenters. The second-order valence-corrected chi connectivity index (χ2v) is 10.0. The summed E-state index contributed by atoms with van der Waals surface area (Å²) in [5, 5.41) is 10.7. The molecule has 0 unspecified atom stereocenters. The van der Waals surface area contributed by atoms with Crippen molar-refractivity contribution in [2.24, 2.45) is 0 Å². The fourth-order valence-corrected chi connectivity index (χ4v) is 4.79. The van der Waals surface area contributed by atoms with Crippen LogP contribution in [0.25, 0.3) is 11.1 Å². The smallest absolute Gasteiger partial charge is 0.343 e. The van der Waals surface area contributed by atoms with Crippen molar-refractivity contribution in [3.63, 3.8) is 0 Å². The number of rotatable bonds is 12. The van der Waals surface area contributed by atoms with Gasteiger partial charge in [0.2, 0.25) is 0 Å². The van der Waals surface area contributed by atoms with Gasteiger partial charge in [-0.15, -0.1) is 0 Å². The van der Waals surface area contributed by atoms with Gasteiger partial charge >= 0.3 is 5.97 Å². The van der Waals surface area contributed by atoms with Crippen molar-refractivity contribution < 1.29 is 28.5 Å². The maximum atomic E-state index is 13.4. The number of hydrogen-bond donors (Lipinski definition) is 1. The SMILES string of the molecule is CCc1cc(-c2ccc(F)cc2)c(O)cc1OCCCOc1cccc(OC(=O)c2ccccc2)c1Cc1ccccc1. The minimum absolute atomic E-state index is 0.0717. The molecular formula is C37H33FO5. The van der Waals surface area contributed by atoms with Crippen molar-refractivity contribution >= 4 is 5.97 Å². The Morgan fingerprint density at radius 1 is 0.744 bits per heavy atom. The minimum atomic E-state index is -0.430. The largest absolute Gasteiger partial charge is 0.507 e. The molecule has 0 fully saturated rings. The van der Waals surface area contributed by atoms with E-state index in [0.717, 1.165) is 22.3 Å². The summed E-state index contributed by atoms with van der Waals surface area (Å²) in [6, 6.07) is 33.8. The highest BCUT2D eigenvalue weighted by atomic mass is 19.1. The van der Waals surface area contributed by atoms with E-state index in [1.807, 2.05) is 61.5 Å². The molecule has 6 heteroatoms. The van der Waals surface area contributed by atoms with Crippen molar-refractivity contribution in [1.29, 1.82) is 0 Å². The Kier molecular flexibility index (Phi) is 9.70. The van der Waals surface area contributed by atoms with E-state index in [9.17, 15) is 14.3 Å². The van der Waals surface area contributed by atoms with Gasteiger partial charge < -0.3 is 19.3 Å². The predicted molar refractivity (Wildman–Crippen MR) is 166 cm³/mol. The van der Waals surface area contributed by atoms with Crippen LogP contribution in [0.3, 0.4) is 0 Å². The maximum Gasteiger partial charge on any atom is 0.343 e. The minimum Gasteiger partial charge on any atom is -0.507 e. The van der Waals surface area contributed by atoms with E-state index in [0.29, 0.717) is 60.9 Å². The monoisotopic (exact) mass is 576 g/mol. The molecule has 218 valence electrons. The highest BCUT2D eigenvalue weighted by molar-refractivity contribution is 5.91. The second kappa shape index (κ2) is 14.2. The van der Waals surface area contributed by atoms with E-state index in [4.69, 9.17) is 14.2 Å². The summed E-state index contributed by atoms with van der Waals surface area (Å²) < 4.78 is 31.4. The van der Waals surface area contributed by atoms with E-state index >= 15 is 0 Å². The molecule has 1 N–H and O–H groups in total. The lowest BCUT2D eigenvalue weighted by atomic mass is 10.00. The first kappa shape index (κ1) is 29.4. The van der Waals surface area contributed by atoms with Crippen molar-refractivity contribution in [2.45, 2.75) is 26.2 Å².